The number of azide groups is 1. The summed E-state index contributed by atoms with van der Waals surface area (Å²) in [5, 5.41) is 3.23. The normalized spacial score (nSPS) is 22.5. The number of benzene rings is 1. The van der Waals surface area contributed by atoms with E-state index in [0.717, 1.165) is 16.3 Å². The van der Waals surface area contributed by atoms with Crippen LogP contribution in [-0.2, 0) is 25.4 Å². The molecule has 2 fully saturated rings. The number of β-lactam (4-membered cyclic amide) rings is 1. The second kappa shape index (κ2) is 8.68. The van der Waals surface area contributed by atoms with Crippen molar-refractivity contribution in [2.75, 3.05) is 13.1 Å². The van der Waals surface area contributed by atoms with Crippen molar-refractivity contribution in [3.8, 4) is 0 Å². The maximum absolute atomic E-state index is 11.5. The molecule has 2 N–H and O–H groups in total. The van der Waals surface area contributed by atoms with Gasteiger partial charge in [-0.15, -0.1) is 0 Å². The Kier molecular flexibility index (Phi) is 6.77. The highest BCUT2D eigenvalue weighted by molar-refractivity contribution is 7.84. The summed E-state index contributed by atoms with van der Waals surface area (Å²) in [6.07, 6.45) is 3.83. The van der Waals surface area contributed by atoms with Crippen LogP contribution in [0.1, 0.15) is 12.0 Å². The number of hydrogen-bond acceptors (Lipinski definition) is 6. The van der Waals surface area contributed by atoms with Gasteiger partial charge in [-0.05, 0) is 17.5 Å². The lowest BCUT2D eigenvalue weighted by Crippen LogP contribution is -2.64. The monoisotopic (exact) mass is 431 g/mol. The van der Waals surface area contributed by atoms with Gasteiger partial charge in [0.1, 0.15) is 6.04 Å². The van der Waals surface area contributed by atoms with Crippen LogP contribution in [0.5, 0.6) is 0 Å². The molecule has 1 amide bonds. The number of carbonyl (C=O) groups excluding carboxylic acids is 1. The van der Waals surface area contributed by atoms with Crippen LogP contribution in [0.25, 0.3) is 16.5 Å². The molecule has 0 radical (unpaired) electrons. The molecule has 2 heterocycles. The summed E-state index contributed by atoms with van der Waals surface area (Å²) < 4.78 is 60.9. The van der Waals surface area contributed by atoms with Crippen molar-refractivity contribution in [1.82, 2.24) is 8.61 Å². The molecule has 2 aliphatic rings. The first-order chi connectivity index (χ1) is 13.1. The zero-order valence-corrected chi connectivity index (χ0v) is 15.9. The van der Waals surface area contributed by atoms with Crippen molar-refractivity contribution < 1.29 is 30.7 Å². The molecule has 152 valence electrons. The lowest BCUT2D eigenvalue weighted by atomic mass is 9.98. The SMILES string of the molecule is O=S(=O)(O)N1CCC1.[N-]=[N+]=N[C@@H]1C(=O)N(S(=O)(=O)O)[C@@H]1C=Cc1ccccc1. The summed E-state index contributed by atoms with van der Waals surface area (Å²) >= 11 is 0. The predicted octanol–water partition coefficient (Wildman–Crippen LogP) is 0.887. The van der Waals surface area contributed by atoms with Gasteiger partial charge in [-0.25, -0.2) is 4.31 Å². The molecule has 3 rings (SSSR count). The third kappa shape index (κ3) is 5.28. The van der Waals surface area contributed by atoms with Gasteiger partial charge >= 0.3 is 20.6 Å². The van der Waals surface area contributed by atoms with Crippen LogP contribution < -0.4 is 0 Å². The van der Waals surface area contributed by atoms with E-state index in [-0.39, 0.29) is 4.31 Å². The molecule has 0 aromatic heterocycles. The van der Waals surface area contributed by atoms with Gasteiger partial charge in [0, 0.05) is 18.0 Å². The second-order valence-corrected chi connectivity index (χ2v) is 8.45. The summed E-state index contributed by atoms with van der Waals surface area (Å²) in [6, 6.07) is 6.76. The quantitative estimate of drug-likeness (QED) is 0.228. The Hall–Kier alpha value is -2.48. The maximum Gasteiger partial charge on any atom is 0.362 e. The van der Waals surface area contributed by atoms with Crippen molar-refractivity contribution in [3.05, 3.63) is 52.4 Å². The van der Waals surface area contributed by atoms with Crippen molar-refractivity contribution >= 4 is 32.6 Å². The van der Waals surface area contributed by atoms with Crippen molar-refractivity contribution in [2.45, 2.75) is 18.5 Å². The van der Waals surface area contributed by atoms with E-state index in [0.29, 0.717) is 13.1 Å². The van der Waals surface area contributed by atoms with Gasteiger partial charge in [0.05, 0.1) is 6.04 Å². The van der Waals surface area contributed by atoms with Crippen LogP contribution in [-0.4, -0.2) is 65.6 Å². The van der Waals surface area contributed by atoms with E-state index in [1.807, 2.05) is 6.07 Å². The third-order valence-corrected chi connectivity index (χ3v) is 5.85. The zero-order chi connectivity index (χ0) is 20.9. The fourth-order valence-electron chi connectivity index (χ4n) is 2.39. The van der Waals surface area contributed by atoms with Crippen LogP contribution in [0.3, 0.4) is 0 Å². The number of rotatable bonds is 5. The summed E-state index contributed by atoms with van der Waals surface area (Å²) in [7, 11) is -8.50. The minimum absolute atomic E-state index is 0.284. The molecule has 1 aromatic carbocycles. The average molecular weight is 431 g/mol. The topological polar surface area (TPSA) is 181 Å². The predicted molar refractivity (Wildman–Crippen MR) is 98.3 cm³/mol. The number of hydrogen-bond donors (Lipinski definition) is 2. The number of amides is 1. The lowest BCUT2D eigenvalue weighted by molar-refractivity contribution is -0.138. The maximum atomic E-state index is 11.5. The third-order valence-electron chi connectivity index (χ3n) is 3.92. The van der Waals surface area contributed by atoms with Gasteiger partial charge < -0.3 is 0 Å². The highest BCUT2D eigenvalue weighted by atomic mass is 32.2. The molecule has 14 heteroatoms. The lowest BCUT2D eigenvalue weighted by Gasteiger charge is -2.40. The molecule has 0 saturated carbocycles. The standard InChI is InChI=1S/C11H10N4O4S.C3H7NO3S/c12-14-13-10-9(15(11(10)16)20(17,18)19)7-6-8-4-2-1-3-5-8;5-8(6,7)4-2-1-3-4/h1-7,9-10H,(H,17,18,19);1-3H2,(H,5,6,7)/t9-,10+;/m1./s1. The van der Waals surface area contributed by atoms with E-state index in [1.165, 1.54) is 6.08 Å². The highest BCUT2D eigenvalue weighted by Gasteiger charge is 2.51. The van der Waals surface area contributed by atoms with Crippen LogP contribution in [0, 0.1) is 0 Å². The highest BCUT2D eigenvalue weighted by Crippen LogP contribution is 2.28. The molecule has 2 aliphatic heterocycles. The molecule has 28 heavy (non-hydrogen) atoms. The molecule has 12 nitrogen and oxygen atoms in total. The minimum atomic E-state index is -4.67. The van der Waals surface area contributed by atoms with Crippen LogP contribution in [0.15, 0.2) is 41.5 Å². The first-order valence-electron chi connectivity index (χ1n) is 7.86. The average Bonchev–Trinajstić information content (AvgIpc) is 2.53. The molecule has 2 saturated heterocycles. The Morgan fingerprint density at radius 1 is 1.11 bits per heavy atom. The first-order valence-corrected chi connectivity index (χ1v) is 10.7. The van der Waals surface area contributed by atoms with Gasteiger partial charge in [-0.3, -0.25) is 13.9 Å². The van der Waals surface area contributed by atoms with E-state index in [2.05, 4.69) is 10.0 Å². The van der Waals surface area contributed by atoms with Crippen LogP contribution in [0.2, 0.25) is 0 Å². The fourth-order valence-corrected chi connectivity index (χ4v) is 3.93. The van der Waals surface area contributed by atoms with Crippen molar-refractivity contribution in [1.29, 1.82) is 0 Å². The molecule has 2 atom stereocenters. The summed E-state index contributed by atoms with van der Waals surface area (Å²) in [5.74, 6) is -0.951. The summed E-state index contributed by atoms with van der Waals surface area (Å²) in [4.78, 5) is 14.0. The first kappa shape index (κ1) is 21.8. The smallest absolute Gasteiger partial charge is 0.273 e. The Morgan fingerprint density at radius 3 is 2.11 bits per heavy atom. The van der Waals surface area contributed by atoms with Gasteiger partial charge in [0.2, 0.25) is 5.91 Å². The summed E-state index contributed by atoms with van der Waals surface area (Å²) in [5.41, 5.74) is 9.14. The number of nitrogens with zero attached hydrogens (tertiary/aromatic N) is 5. The van der Waals surface area contributed by atoms with Gasteiger partial charge in [0.15, 0.2) is 0 Å². The van der Waals surface area contributed by atoms with Crippen LogP contribution >= 0.6 is 0 Å². The Labute approximate surface area is 161 Å². The summed E-state index contributed by atoms with van der Waals surface area (Å²) in [6.45, 7) is 0.942. The minimum Gasteiger partial charge on any atom is -0.273 e. The molecule has 0 bridgehead atoms. The van der Waals surface area contributed by atoms with Crippen LogP contribution in [0.4, 0.5) is 0 Å². The molecular formula is C14H17N5O7S2. The number of carbonyl (C=O) groups is 1. The fraction of sp³-hybridized carbons (Fsp3) is 0.357. The van der Waals surface area contributed by atoms with Crippen molar-refractivity contribution in [3.63, 3.8) is 0 Å². The molecule has 0 spiro atoms. The van der Waals surface area contributed by atoms with Gasteiger partial charge in [-0.2, -0.15) is 21.1 Å². The van der Waals surface area contributed by atoms with E-state index >= 15 is 0 Å². The largest absolute Gasteiger partial charge is 0.362 e. The van der Waals surface area contributed by atoms with E-state index in [9.17, 15) is 21.6 Å². The van der Waals surface area contributed by atoms with Gasteiger partial charge in [-0.1, -0.05) is 47.6 Å². The van der Waals surface area contributed by atoms with E-state index in [4.69, 9.17) is 14.6 Å². The second-order valence-electron chi connectivity index (χ2n) is 5.75. The van der Waals surface area contributed by atoms with Gasteiger partial charge in [0.25, 0.3) is 0 Å². The van der Waals surface area contributed by atoms with Crippen molar-refractivity contribution in [2.24, 2.45) is 5.11 Å². The molecule has 1 aromatic rings. The Morgan fingerprint density at radius 2 is 1.71 bits per heavy atom. The molecule has 0 unspecified atom stereocenters. The Bertz CT molecular complexity index is 1000. The van der Waals surface area contributed by atoms with E-state index in [1.54, 1.807) is 30.3 Å². The Balaban J connectivity index is 0.000000292. The molecule has 0 aliphatic carbocycles. The van der Waals surface area contributed by atoms with E-state index < -0.39 is 38.6 Å². The molecular weight excluding hydrogens is 414 g/mol. The zero-order valence-electron chi connectivity index (χ0n) is 14.3.